The summed E-state index contributed by atoms with van der Waals surface area (Å²) in [5.74, 6) is 0.331. The van der Waals surface area contributed by atoms with Crippen molar-refractivity contribution in [3.05, 3.63) is 46.2 Å². The largest absolute Gasteiger partial charge is 0.265 e. The summed E-state index contributed by atoms with van der Waals surface area (Å²) >= 11 is 1.48. The number of fused-ring (bicyclic) bond motifs is 1. The molecule has 1 aromatic carbocycles. The fourth-order valence-corrected chi connectivity index (χ4v) is 6.11. The van der Waals surface area contributed by atoms with Gasteiger partial charge in [-0.05, 0) is 38.5 Å². The van der Waals surface area contributed by atoms with E-state index < -0.39 is 9.84 Å². The van der Waals surface area contributed by atoms with Crippen LogP contribution in [0, 0.1) is 25.2 Å². The zero-order valence-electron chi connectivity index (χ0n) is 15.0. The maximum atomic E-state index is 11.8. The number of nitriles is 1. The van der Waals surface area contributed by atoms with Crippen molar-refractivity contribution in [2.45, 2.75) is 26.3 Å². The first-order valence-corrected chi connectivity index (χ1v) is 11.3. The van der Waals surface area contributed by atoms with Gasteiger partial charge in [0.1, 0.15) is 11.1 Å². The average Bonchev–Trinajstić information content (AvgIpc) is 3.29. The van der Waals surface area contributed by atoms with Crippen LogP contribution in [0.3, 0.4) is 0 Å². The highest BCUT2D eigenvalue weighted by Gasteiger charge is 2.31. The third kappa shape index (κ3) is 3.29. The van der Waals surface area contributed by atoms with Crippen LogP contribution >= 0.6 is 11.3 Å². The summed E-state index contributed by atoms with van der Waals surface area (Å²) < 4.78 is 26.5. The quantitative estimate of drug-likeness (QED) is 0.630. The molecule has 8 heteroatoms. The van der Waals surface area contributed by atoms with Crippen LogP contribution in [0.4, 0.5) is 0 Å². The van der Waals surface area contributed by atoms with Crippen LogP contribution in [0.1, 0.15) is 34.4 Å². The third-order valence-electron chi connectivity index (χ3n) is 4.87. The summed E-state index contributed by atoms with van der Waals surface area (Å²) in [4.78, 5) is 4.56. The molecule has 27 heavy (non-hydrogen) atoms. The lowest BCUT2D eigenvalue weighted by molar-refractivity contribution is 0.486. The SMILES string of the molecule is Cc1nn(C2CCS(=O)(=O)C2)c(C)c1C=C(C#N)c1nc2ccccc2s1. The zero-order valence-corrected chi connectivity index (χ0v) is 16.6. The zero-order chi connectivity index (χ0) is 19.2. The molecule has 0 saturated carbocycles. The van der Waals surface area contributed by atoms with Gasteiger partial charge in [0.25, 0.3) is 0 Å². The molecule has 1 unspecified atom stereocenters. The van der Waals surface area contributed by atoms with Crippen molar-refractivity contribution >= 4 is 43.0 Å². The summed E-state index contributed by atoms with van der Waals surface area (Å²) in [7, 11) is -2.99. The average molecular weight is 399 g/mol. The van der Waals surface area contributed by atoms with Gasteiger partial charge in [-0.1, -0.05) is 12.1 Å². The van der Waals surface area contributed by atoms with E-state index in [9.17, 15) is 13.7 Å². The van der Waals surface area contributed by atoms with Gasteiger partial charge in [0, 0.05) is 11.3 Å². The Balaban J connectivity index is 1.75. The monoisotopic (exact) mass is 398 g/mol. The Morgan fingerprint density at radius 1 is 1.37 bits per heavy atom. The Kier molecular flexibility index (Phi) is 4.36. The first-order chi connectivity index (χ1) is 12.9. The van der Waals surface area contributed by atoms with Crippen LogP contribution in [-0.2, 0) is 9.84 Å². The molecule has 1 aliphatic heterocycles. The number of thiazole rings is 1. The van der Waals surface area contributed by atoms with Gasteiger partial charge in [0.2, 0.25) is 0 Å². The van der Waals surface area contributed by atoms with Crippen LogP contribution in [-0.4, -0.2) is 34.7 Å². The molecule has 0 aliphatic carbocycles. The number of rotatable bonds is 3. The van der Waals surface area contributed by atoms with Crippen LogP contribution in [0.15, 0.2) is 24.3 Å². The fraction of sp³-hybridized carbons (Fsp3) is 0.316. The Labute approximate surface area is 161 Å². The normalized spacial score (nSPS) is 19.4. The van der Waals surface area contributed by atoms with Gasteiger partial charge in [0.05, 0.1) is 39.0 Å². The van der Waals surface area contributed by atoms with Gasteiger partial charge in [-0.3, -0.25) is 4.68 Å². The number of hydrogen-bond donors (Lipinski definition) is 0. The molecule has 3 aromatic rings. The highest BCUT2D eigenvalue weighted by molar-refractivity contribution is 7.91. The van der Waals surface area contributed by atoms with E-state index in [0.29, 0.717) is 17.0 Å². The second kappa shape index (κ2) is 6.59. The van der Waals surface area contributed by atoms with Crippen molar-refractivity contribution in [2.24, 2.45) is 0 Å². The smallest absolute Gasteiger partial charge is 0.152 e. The Morgan fingerprint density at radius 2 is 2.15 bits per heavy atom. The third-order valence-corrected chi connectivity index (χ3v) is 7.69. The molecule has 138 valence electrons. The van der Waals surface area contributed by atoms with E-state index in [-0.39, 0.29) is 17.5 Å². The number of nitrogens with zero attached hydrogens (tertiary/aromatic N) is 4. The Hall–Kier alpha value is -2.50. The molecule has 0 spiro atoms. The van der Waals surface area contributed by atoms with E-state index in [4.69, 9.17) is 0 Å². The first kappa shape index (κ1) is 17.9. The van der Waals surface area contributed by atoms with Crippen molar-refractivity contribution in [3.8, 4) is 6.07 Å². The highest BCUT2D eigenvalue weighted by Crippen LogP contribution is 2.31. The number of sulfone groups is 1. The number of allylic oxidation sites excluding steroid dienone is 1. The molecule has 1 fully saturated rings. The summed E-state index contributed by atoms with van der Waals surface area (Å²) in [5.41, 5.74) is 3.88. The molecular formula is C19H18N4O2S2. The summed E-state index contributed by atoms with van der Waals surface area (Å²) in [6.45, 7) is 3.80. The van der Waals surface area contributed by atoms with Crippen LogP contribution < -0.4 is 0 Å². The molecule has 0 bridgehead atoms. The second-order valence-electron chi connectivity index (χ2n) is 6.74. The lowest BCUT2D eigenvalue weighted by Gasteiger charge is -2.11. The number of aromatic nitrogens is 3. The molecule has 1 saturated heterocycles. The number of para-hydroxylation sites is 1. The van der Waals surface area contributed by atoms with E-state index in [1.807, 2.05) is 44.2 Å². The van der Waals surface area contributed by atoms with E-state index in [1.54, 1.807) is 4.68 Å². The Morgan fingerprint density at radius 3 is 2.81 bits per heavy atom. The van der Waals surface area contributed by atoms with Gasteiger partial charge in [0.15, 0.2) is 9.84 Å². The van der Waals surface area contributed by atoms with Crippen molar-refractivity contribution in [3.63, 3.8) is 0 Å². The van der Waals surface area contributed by atoms with E-state index in [2.05, 4.69) is 16.2 Å². The molecule has 0 amide bonds. The van der Waals surface area contributed by atoms with Crippen LogP contribution in [0.25, 0.3) is 21.9 Å². The van der Waals surface area contributed by atoms with Crippen molar-refractivity contribution < 1.29 is 8.42 Å². The van der Waals surface area contributed by atoms with E-state index in [0.717, 1.165) is 27.2 Å². The van der Waals surface area contributed by atoms with Crippen molar-refractivity contribution in [2.75, 3.05) is 11.5 Å². The molecule has 4 rings (SSSR count). The summed E-state index contributed by atoms with van der Waals surface area (Å²) in [5, 5.41) is 14.9. The predicted octanol–water partition coefficient (Wildman–Crippen LogP) is 3.53. The standard InChI is InChI=1S/C19H18N4O2S2/c1-12-16(13(2)23(22-12)15-7-8-27(24,25)11-15)9-14(10-20)19-21-17-5-3-4-6-18(17)26-19/h3-6,9,15H,7-8,11H2,1-2H3. The Bertz CT molecular complexity index is 1180. The molecule has 0 N–H and O–H groups in total. The number of aryl methyl sites for hydroxylation is 1. The minimum Gasteiger partial charge on any atom is -0.265 e. The molecule has 1 aliphatic rings. The van der Waals surface area contributed by atoms with Gasteiger partial charge < -0.3 is 0 Å². The van der Waals surface area contributed by atoms with Crippen LogP contribution in [0.5, 0.6) is 0 Å². The highest BCUT2D eigenvalue weighted by atomic mass is 32.2. The number of benzene rings is 1. The minimum atomic E-state index is -2.99. The van der Waals surface area contributed by atoms with E-state index in [1.165, 1.54) is 11.3 Å². The molecule has 2 aromatic heterocycles. The molecule has 0 radical (unpaired) electrons. The molecule has 1 atom stereocenters. The molecular weight excluding hydrogens is 380 g/mol. The lowest BCUT2D eigenvalue weighted by atomic mass is 10.1. The van der Waals surface area contributed by atoms with Gasteiger partial charge in [-0.15, -0.1) is 11.3 Å². The number of hydrogen-bond acceptors (Lipinski definition) is 6. The van der Waals surface area contributed by atoms with Crippen molar-refractivity contribution in [1.82, 2.24) is 14.8 Å². The maximum absolute atomic E-state index is 11.8. The topological polar surface area (TPSA) is 88.6 Å². The lowest BCUT2D eigenvalue weighted by Crippen LogP contribution is -2.13. The predicted molar refractivity (Wildman–Crippen MR) is 107 cm³/mol. The molecule has 6 nitrogen and oxygen atoms in total. The maximum Gasteiger partial charge on any atom is 0.152 e. The van der Waals surface area contributed by atoms with Gasteiger partial charge in [-0.2, -0.15) is 10.4 Å². The van der Waals surface area contributed by atoms with Crippen molar-refractivity contribution in [1.29, 1.82) is 5.26 Å². The fourth-order valence-electron chi connectivity index (χ4n) is 3.48. The summed E-state index contributed by atoms with van der Waals surface area (Å²) in [6, 6.07) is 9.91. The minimum absolute atomic E-state index is 0.126. The van der Waals surface area contributed by atoms with Gasteiger partial charge in [-0.25, -0.2) is 13.4 Å². The first-order valence-electron chi connectivity index (χ1n) is 8.62. The summed E-state index contributed by atoms with van der Waals surface area (Å²) in [6.07, 6.45) is 2.39. The van der Waals surface area contributed by atoms with Gasteiger partial charge >= 0.3 is 0 Å². The van der Waals surface area contributed by atoms with E-state index >= 15 is 0 Å². The second-order valence-corrected chi connectivity index (χ2v) is 10.0. The molecule has 3 heterocycles. The van der Waals surface area contributed by atoms with Crippen LogP contribution in [0.2, 0.25) is 0 Å².